The predicted molar refractivity (Wildman–Crippen MR) is 129 cm³/mol. The van der Waals surface area contributed by atoms with Gasteiger partial charge in [-0.05, 0) is 61.8 Å². The summed E-state index contributed by atoms with van der Waals surface area (Å²) < 4.78 is 25.7. The fourth-order valence-electron chi connectivity index (χ4n) is 4.42. The molecule has 1 atom stereocenters. The largest absolute Gasteiger partial charge is 0.493 e. The molecule has 10 heteroatoms. The van der Waals surface area contributed by atoms with Gasteiger partial charge in [-0.15, -0.1) is 0 Å². The van der Waals surface area contributed by atoms with Crippen molar-refractivity contribution >= 4 is 11.8 Å². The molecule has 1 aliphatic heterocycles. The number of nitriles is 1. The number of nitro benzene ring substituents is 1. The minimum absolute atomic E-state index is 0.108. The quantitative estimate of drug-likeness (QED) is 0.0963. The number of halogens is 1. The molecule has 1 aliphatic rings. The summed E-state index contributed by atoms with van der Waals surface area (Å²) in [5, 5.41) is 25.6. The first kappa shape index (κ1) is 25.7. The maximum Gasteiger partial charge on any atom is 0.280 e. The Balaban J connectivity index is 2.16. The van der Waals surface area contributed by atoms with E-state index in [1.54, 1.807) is 25.1 Å². The van der Waals surface area contributed by atoms with E-state index in [9.17, 15) is 19.8 Å². The lowest BCUT2D eigenvalue weighted by Gasteiger charge is -2.30. The highest BCUT2D eigenvalue weighted by Gasteiger charge is 2.28. The lowest BCUT2D eigenvalue weighted by Crippen LogP contribution is -2.25. The van der Waals surface area contributed by atoms with E-state index in [0.717, 1.165) is 12.8 Å². The number of allylic oxidation sites excluding steroid dienone is 1. The maximum atomic E-state index is 14.7. The summed E-state index contributed by atoms with van der Waals surface area (Å²) in [6.07, 6.45) is 3.38. The highest BCUT2D eigenvalue weighted by Crippen LogP contribution is 2.40. The number of rotatable bonds is 10. The van der Waals surface area contributed by atoms with Gasteiger partial charge in [0.15, 0.2) is 0 Å². The van der Waals surface area contributed by atoms with E-state index in [2.05, 4.69) is 16.1 Å². The predicted octanol–water partition coefficient (Wildman–Crippen LogP) is 6.45. The van der Waals surface area contributed by atoms with Crippen LogP contribution in [-0.2, 0) is 4.74 Å². The van der Waals surface area contributed by atoms with E-state index in [4.69, 9.17) is 15.0 Å². The van der Waals surface area contributed by atoms with Gasteiger partial charge in [-0.1, -0.05) is 23.3 Å². The van der Waals surface area contributed by atoms with Crippen LogP contribution in [0.25, 0.3) is 27.6 Å². The molecule has 9 nitrogen and oxygen atoms in total. The lowest BCUT2D eigenvalue weighted by molar-refractivity contribution is -0.385. The van der Waals surface area contributed by atoms with Gasteiger partial charge >= 0.3 is 0 Å². The third-order valence-corrected chi connectivity index (χ3v) is 6.07. The molecule has 0 aliphatic carbocycles. The molecular formula is C25H26FN5O4. The van der Waals surface area contributed by atoms with Gasteiger partial charge < -0.3 is 9.47 Å². The average molecular weight is 480 g/mol. The van der Waals surface area contributed by atoms with E-state index in [-0.39, 0.29) is 47.6 Å². The van der Waals surface area contributed by atoms with Crippen LogP contribution in [0.4, 0.5) is 10.1 Å². The first-order valence-electron chi connectivity index (χ1n) is 11.4. The number of azide groups is 1. The molecule has 1 unspecified atom stereocenters. The summed E-state index contributed by atoms with van der Waals surface area (Å²) in [7, 11) is 0. The van der Waals surface area contributed by atoms with Crippen LogP contribution in [0.3, 0.4) is 0 Å². The first-order chi connectivity index (χ1) is 17.0. The second-order valence-electron chi connectivity index (χ2n) is 8.09. The Bertz CT molecular complexity index is 1180. The molecule has 182 valence electrons. The standard InChI is InChI=1S/C25H26FN5O4/c1-2-35-25-15-24(31(32)33)18(14-22(25)21-5-3-4-6-23(21)26)13-19(16-27)20(7-10-29-30-28)17-8-11-34-12-9-17/h3-6,13-15,17,20H,2,7-12H2,1H3. The molecule has 3 rings (SSSR count). The molecule has 0 saturated carbocycles. The second-order valence-corrected chi connectivity index (χ2v) is 8.09. The zero-order valence-electron chi connectivity index (χ0n) is 19.4. The monoisotopic (exact) mass is 479 g/mol. The molecule has 2 aromatic rings. The van der Waals surface area contributed by atoms with E-state index in [0.29, 0.717) is 30.8 Å². The Kier molecular flexibility index (Phi) is 9.18. The van der Waals surface area contributed by atoms with Gasteiger partial charge in [0, 0.05) is 41.4 Å². The second kappa shape index (κ2) is 12.5. The molecule has 0 bridgehead atoms. The number of nitrogens with zero attached hydrogens (tertiary/aromatic N) is 5. The molecule has 0 N–H and O–H groups in total. The summed E-state index contributed by atoms with van der Waals surface area (Å²) in [6.45, 7) is 3.29. The minimum atomic E-state index is -0.544. The van der Waals surface area contributed by atoms with Crippen molar-refractivity contribution in [3.63, 3.8) is 0 Å². The average Bonchev–Trinajstić information content (AvgIpc) is 2.87. The smallest absolute Gasteiger partial charge is 0.280 e. The van der Waals surface area contributed by atoms with Crippen molar-refractivity contribution in [2.24, 2.45) is 17.0 Å². The molecular weight excluding hydrogens is 453 g/mol. The van der Waals surface area contributed by atoms with Crippen molar-refractivity contribution in [1.29, 1.82) is 5.26 Å². The summed E-state index contributed by atoms with van der Waals surface area (Å²) >= 11 is 0. The zero-order valence-corrected chi connectivity index (χ0v) is 19.4. The molecule has 1 fully saturated rings. The fraction of sp³-hybridized carbons (Fsp3) is 0.400. The molecule has 1 heterocycles. The fourth-order valence-corrected chi connectivity index (χ4v) is 4.42. The van der Waals surface area contributed by atoms with Crippen LogP contribution < -0.4 is 4.74 Å². The third kappa shape index (κ3) is 6.35. The van der Waals surface area contributed by atoms with E-state index < -0.39 is 10.7 Å². The Morgan fingerprint density at radius 3 is 2.77 bits per heavy atom. The summed E-state index contributed by atoms with van der Waals surface area (Å²) in [5.41, 5.74) is 9.56. The van der Waals surface area contributed by atoms with Crippen molar-refractivity contribution in [3.05, 3.63) is 73.9 Å². The number of hydrogen-bond acceptors (Lipinski definition) is 6. The molecule has 2 aromatic carbocycles. The third-order valence-electron chi connectivity index (χ3n) is 6.07. The van der Waals surface area contributed by atoms with Gasteiger partial charge in [-0.2, -0.15) is 5.26 Å². The van der Waals surface area contributed by atoms with Crippen LogP contribution in [-0.4, -0.2) is 31.3 Å². The normalized spacial score (nSPS) is 15.1. The Labute approximate surface area is 202 Å². The van der Waals surface area contributed by atoms with Gasteiger partial charge in [0.2, 0.25) is 0 Å². The maximum absolute atomic E-state index is 14.7. The Morgan fingerprint density at radius 2 is 2.14 bits per heavy atom. The van der Waals surface area contributed by atoms with E-state index >= 15 is 0 Å². The summed E-state index contributed by atoms with van der Waals surface area (Å²) in [5.74, 6) is -0.467. The minimum Gasteiger partial charge on any atom is -0.493 e. The molecule has 35 heavy (non-hydrogen) atoms. The van der Waals surface area contributed by atoms with Gasteiger partial charge in [-0.3, -0.25) is 10.1 Å². The van der Waals surface area contributed by atoms with Crippen LogP contribution in [0.2, 0.25) is 0 Å². The first-order valence-corrected chi connectivity index (χ1v) is 11.4. The lowest BCUT2D eigenvalue weighted by atomic mass is 9.78. The van der Waals surface area contributed by atoms with Crippen molar-refractivity contribution in [2.75, 3.05) is 26.4 Å². The highest BCUT2D eigenvalue weighted by atomic mass is 19.1. The Hall–Kier alpha value is -3.93. The zero-order chi connectivity index (χ0) is 25.2. The number of nitro groups is 1. The molecule has 0 amide bonds. The van der Waals surface area contributed by atoms with Crippen molar-refractivity contribution in [2.45, 2.75) is 26.2 Å². The summed E-state index contributed by atoms with van der Waals surface area (Å²) in [6, 6.07) is 11.1. The van der Waals surface area contributed by atoms with Crippen LogP contribution in [0.5, 0.6) is 5.75 Å². The summed E-state index contributed by atoms with van der Waals surface area (Å²) in [4.78, 5) is 14.2. The Morgan fingerprint density at radius 1 is 1.40 bits per heavy atom. The molecule has 0 aromatic heterocycles. The van der Waals surface area contributed by atoms with Crippen molar-refractivity contribution in [1.82, 2.24) is 0 Å². The molecule has 0 radical (unpaired) electrons. The van der Waals surface area contributed by atoms with Crippen molar-refractivity contribution in [3.8, 4) is 22.9 Å². The van der Waals surface area contributed by atoms with Crippen LogP contribution in [0, 0.1) is 39.1 Å². The van der Waals surface area contributed by atoms with Crippen LogP contribution in [0.15, 0.2) is 47.1 Å². The SMILES string of the molecule is CCOc1cc([N+](=O)[O-])c(C=C(C#N)C(CCN=[N+]=[N-])C2CCOCC2)cc1-c1ccccc1F. The van der Waals surface area contributed by atoms with Gasteiger partial charge in [-0.25, -0.2) is 4.39 Å². The van der Waals surface area contributed by atoms with Crippen LogP contribution in [0.1, 0.15) is 31.7 Å². The number of hydrogen-bond donors (Lipinski definition) is 0. The van der Waals surface area contributed by atoms with Gasteiger partial charge in [0.25, 0.3) is 5.69 Å². The van der Waals surface area contributed by atoms with Crippen molar-refractivity contribution < 1.29 is 18.8 Å². The van der Waals surface area contributed by atoms with Gasteiger partial charge in [0.1, 0.15) is 11.6 Å². The van der Waals surface area contributed by atoms with E-state index in [1.165, 1.54) is 24.3 Å². The topological polar surface area (TPSA) is 134 Å². The van der Waals surface area contributed by atoms with Crippen LogP contribution >= 0.6 is 0 Å². The molecule has 0 spiro atoms. The number of ether oxygens (including phenoxy) is 2. The van der Waals surface area contributed by atoms with E-state index in [1.807, 2.05) is 0 Å². The highest BCUT2D eigenvalue weighted by molar-refractivity contribution is 5.79. The molecule has 1 saturated heterocycles. The van der Waals surface area contributed by atoms with Gasteiger partial charge in [0.05, 0.1) is 29.2 Å². The number of benzene rings is 2.